The van der Waals surface area contributed by atoms with Crippen molar-refractivity contribution in [3.63, 3.8) is 0 Å². The Hall–Kier alpha value is -2.54. The van der Waals surface area contributed by atoms with Gasteiger partial charge in [0.1, 0.15) is 0 Å². The maximum atomic E-state index is 12.6. The molecule has 1 atom stereocenters. The molecular weight excluding hydrogens is 343 g/mol. The summed E-state index contributed by atoms with van der Waals surface area (Å²) < 4.78 is 45.6. The monoisotopic (exact) mass is 361 g/mol. The summed E-state index contributed by atoms with van der Waals surface area (Å²) in [5, 5.41) is 8.53. The van der Waals surface area contributed by atoms with Crippen molar-refractivity contribution in [1.29, 1.82) is 0 Å². The Morgan fingerprint density at radius 3 is 2.50 bits per heavy atom. The van der Waals surface area contributed by atoms with Crippen LogP contribution in [0.5, 0.6) is 0 Å². The van der Waals surface area contributed by atoms with E-state index < -0.39 is 11.7 Å². The van der Waals surface area contributed by atoms with Gasteiger partial charge in [-0.3, -0.25) is 0 Å². The maximum absolute atomic E-state index is 12.6. The van der Waals surface area contributed by atoms with Gasteiger partial charge in [0.15, 0.2) is 6.23 Å². The topological polar surface area (TPSA) is 39.1 Å². The second-order valence-corrected chi connectivity index (χ2v) is 6.38. The molecule has 1 unspecified atom stereocenters. The van der Waals surface area contributed by atoms with E-state index in [1.54, 1.807) is 6.20 Å². The molecule has 0 saturated carbocycles. The van der Waals surface area contributed by atoms with Crippen LogP contribution in [-0.2, 0) is 10.9 Å². The quantitative estimate of drug-likeness (QED) is 0.670. The van der Waals surface area contributed by atoms with Crippen LogP contribution in [0.2, 0.25) is 0 Å². The second kappa shape index (κ2) is 6.64. The van der Waals surface area contributed by atoms with E-state index in [9.17, 15) is 13.2 Å². The summed E-state index contributed by atoms with van der Waals surface area (Å²) >= 11 is 0. The summed E-state index contributed by atoms with van der Waals surface area (Å²) in [6.45, 7) is 0.750. The number of nitrogens with zero attached hydrogens (tertiary/aromatic N) is 2. The Kier molecular flexibility index (Phi) is 4.32. The zero-order valence-corrected chi connectivity index (χ0v) is 14.0. The average Bonchev–Trinajstić information content (AvgIpc) is 3.05. The Morgan fingerprint density at radius 2 is 1.81 bits per heavy atom. The molecule has 1 saturated heterocycles. The van der Waals surface area contributed by atoms with Gasteiger partial charge in [-0.25, -0.2) is 4.68 Å². The number of benzene rings is 2. The van der Waals surface area contributed by atoms with Crippen molar-refractivity contribution in [2.24, 2.45) is 0 Å². The first-order valence-electron chi connectivity index (χ1n) is 8.54. The highest BCUT2D eigenvalue weighted by molar-refractivity contribution is 5.83. The Labute approximate surface area is 148 Å². The SMILES string of the molecule is FC(F)(F)c1ccc(Nc2ccc3c(cnn3C3CCCCO3)c2)cc1. The molecule has 2 heterocycles. The van der Waals surface area contributed by atoms with Crippen LogP contribution in [0.1, 0.15) is 31.1 Å². The fourth-order valence-electron chi connectivity index (χ4n) is 3.19. The molecule has 26 heavy (non-hydrogen) atoms. The largest absolute Gasteiger partial charge is 0.416 e. The number of rotatable bonds is 3. The molecule has 0 amide bonds. The molecule has 0 aliphatic carbocycles. The zero-order valence-electron chi connectivity index (χ0n) is 14.0. The highest BCUT2D eigenvalue weighted by atomic mass is 19.4. The van der Waals surface area contributed by atoms with Crippen LogP contribution in [-0.4, -0.2) is 16.4 Å². The fraction of sp³-hybridized carbons (Fsp3) is 0.316. The molecule has 0 bridgehead atoms. The molecule has 1 N–H and O–H groups in total. The number of fused-ring (bicyclic) bond motifs is 1. The molecule has 1 aliphatic rings. The summed E-state index contributed by atoms with van der Waals surface area (Å²) in [6, 6.07) is 10.8. The average molecular weight is 361 g/mol. The van der Waals surface area contributed by atoms with E-state index >= 15 is 0 Å². The summed E-state index contributed by atoms with van der Waals surface area (Å²) in [7, 11) is 0. The molecule has 3 aromatic rings. The first kappa shape index (κ1) is 16.9. The molecule has 7 heteroatoms. The van der Waals surface area contributed by atoms with Gasteiger partial charge in [-0.05, 0) is 61.7 Å². The van der Waals surface area contributed by atoms with Crippen molar-refractivity contribution in [3.8, 4) is 0 Å². The molecular formula is C19H18F3N3O. The van der Waals surface area contributed by atoms with Crippen LogP contribution in [0.25, 0.3) is 10.9 Å². The van der Waals surface area contributed by atoms with E-state index in [0.717, 1.165) is 54.6 Å². The number of alkyl halides is 3. The standard InChI is InChI=1S/C19H18F3N3O/c20-19(21,22)14-4-6-15(7-5-14)24-16-8-9-17-13(11-16)12-23-25(17)18-3-1-2-10-26-18/h4-9,11-12,18,24H,1-3,10H2. The highest BCUT2D eigenvalue weighted by Gasteiger charge is 2.29. The molecule has 0 spiro atoms. The minimum absolute atomic E-state index is 0.0324. The van der Waals surface area contributed by atoms with Gasteiger partial charge in [0.25, 0.3) is 0 Å². The van der Waals surface area contributed by atoms with Crippen molar-refractivity contribution >= 4 is 22.3 Å². The van der Waals surface area contributed by atoms with E-state index in [4.69, 9.17) is 4.74 Å². The van der Waals surface area contributed by atoms with Gasteiger partial charge >= 0.3 is 6.18 Å². The van der Waals surface area contributed by atoms with Gasteiger partial charge in [0.05, 0.1) is 17.3 Å². The molecule has 1 fully saturated rings. The first-order chi connectivity index (χ1) is 12.5. The summed E-state index contributed by atoms with van der Waals surface area (Å²) in [5.41, 5.74) is 1.71. The summed E-state index contributed by atoms with van der Waals surface area (Å²) in [4.78, 5) is 0. The number of anilines is 2. The zero-order chi connectivity index (χ0) is 18.1. The van der Waals surface area contributed by atoms with Crippen molar-refractivity contribution in [2.45, 2.75) is 31.7 Å². The van der Waals surface area contributed by atoms with Gasteiger partial charge in [-0.1, -0.05) is 0 Å². The third kappa shape index (κ3) is 3.39. The van der Waals surface area contributed by atoms with E-state index in [0.29, 0.717) is 5.69 Å². The van der Waals surface area contributed by atoms with Crippen LogP contribution < -0.4 is 5.32 Å². The Balaban J connectivity index is 1.54. The molecule has 1 aromatic heterocycles. The lowest BCUT2D eigenvalue weighted by atomic mass is 10.1. The lowest BCUT2D eigenvalue weighted by Gasteiger charge is -2.23. The normalized spacial score (nSPS) is 18.2. The number of halogens is 3. The van der Waals surface area contributed by atoms with E-state index in [1.807, 2.05) is 22.9 Å². The van der Waals surface area contributed by atoms with Gasteiger partial charge in [0, 0.05) is 23.4 Å². The third-order valence-corrected chi connectivity index (χ3v) is 4.52. The van der Waals surface area contributed by atoms with Crippen molar-refractivity contribution in [1.82, 2.24) is 9.78 Å². The number of hydrogen-bond donors (Lipinski definition) is 1. The van der Waals surface area contributed by atoms with E-state index in [1.165, 1.54) is 12.1 Å². The van der Waals surface area contributed by atoms with E-state index in [2.05, 4.69) is 10.4 Å². The minimum Gasteiger partial charge on any atom is -0.356 e. The van der Waals surface area contributed by atoms with Crippen LogP contribution >= 0.6 is 0 Å². The Morgan fingerprint density at radius 1 is 1.04 bits per heavy atom. The number of ether oxygens (including phenoxy) is 1. The third-order valence-electron chi connectivity index (χ3n) is 4.52. The van der Waals surface area contributed by atoms with Crippen LogP contribution in [0.4, 0.5) is 24.5 Å². The highest BCUT2D eigenvalue weighted by Crippen LogP contribution is 2.31. The molecule has 4 nitrogen and oxygen atoms in total. The van der Waals surface area contributed by atoms with Crippen molar-refractivity contribution in [3.05, 3.63) is 54.2 Å². The predicted molar refractivity (Wildman–Crippen MR) is 93.3 cm³/mol. The Bertz CT molecular complexity index is 897. The van der Waals surface area contributed by atoms with Crippen molar-refractivity contribution < 1.29 is 17.9 Å². The van der Waals surface area contributed by atoms with Gasteiger partial charge in [-0.2, -0.15) is 18.3 Å². The second-order valence-electron chi connectivity index (χ2n) is 6.38. The molecule has 1 aliphatic heterocycles. The lowest BCUT2D eigenvalue weighted by molar-refractivity contribution is -0.137. The number of aromatic nitrogens is 2. The smallest absolute Gasteiger partial charge is 0.356 e. The maximum Gasteiger partial charge on any atom is 0.416 e. The number of nitrogens with one attached hydrogen (secondary N) is 1. The summed E-state index contributed by atoms with van der Waals surface area (Å²) in [6.07, 6.45) is 0.576. The molecule has 136 valence electrons. The van der Waals surface area contributed by atoms with Gasteiger partial charge in [-0.15, -0.1) is 0 Å². The molecule has 0 radical (unpaired) electrons. The van der Waals surface area contributed by atoms with Gasteiger partial charge in [0.2, 0.25) is 0 Å². The lowest BCUT2D eigenvalue weighted by Crippen LogP contribution is -2.18. The van der Waals surface area contributed by atoms with Crippen molar-refractivity contribution in [2.75, 3.05) is 11.9 Å². The van der Waals surface area contributed by atoms with Crippen LogP contribution in [0, 0.1) is 0 Å². The van der Waals surface area contributed by atoms with E-state index in [-0.39, 0.29) is 6.23 Å². The molecule has 4 rings (SSSR count). The van der Waals surface area contributed by atoms with Crippen LogP contribution in [0.15, 0.2) is 48.7 Å². The minimum atomic E-state index is -4.33. The number of hydrogen-bond acceptors (Lipinski definition) is 3. The first-order valence-corrected chi connectivity index (χ1v) is 8.54. The predicted octanol–water partition coefficient (Wildman–Crippen LogP) is 5.50. The molecule has 2 aromatic carbocycles. The summed E-state index contributed by atoms with van der Waals surface area (Å²) in [5.74, 6) is 0. The van der Waals surface area contributed by atoms with Gasteiger partial charge < -0.3 is 10.1 Å². The van der Waals surface area contributed by atoms with Crippen LogP contribution in [0.3, 0.4) is 0 Å². The fourth-order valence-corrected chi connectivity index (χ4v) is 3.19.